The molecular weight excluding hydrogens is 592 g/mol. The number of fused-ring (bicyclic) bond motifs is 15. The Hall–Kier alpha value is -5.20. The summed E-state index contributed by atoms with van der Waals surface area (Å²) in [7, 11) is 0. The summed E-state index contributed by atoms with van der Waals surface area (Å²) in [6.07, 6.45) is 1.10. The lowest BCUT2D eigenvalue weighted by molar-refractivity contribution is -0.134. The quantitative estimate of drug-likeness (QED) is 0.255. The van der Waals surface area contributed by atoms with Crippen molar-refractivity contribution >= 4 is 29.5 Å². The predicted molar refractivity (Wildman–Crippen MR) is 165 cm³/mol. The fraction of sp³-hybridized carbons (Fsp3) is 0.394. The molecule has 1 fully saturated rings. The van der Waals surface area contributed by atoms with Gasteiger partial charge in [0.15, 0.2) is 0 Å². The summed E-state index contributed by atoms with van der Waals surface area (Å²) in [5.41, 5.74) is 1.10. The minimum atomic E-state index is -1.06. The monoisotopic (exact) mass is 630 g/mol. The van der Waals surface area contributed by atoms with Crippen LogP contribution in [0.3, 0.4) is 0 Å². The molecule has 3 atom stereocenters. The molecule has 2 aliphatic heterocycles. The van der Waals surface area contributed by atoms with Crippen LogP contribution in [-0.2, 0) is 43.2 Å². The standard InChI is InChI=1S/C33H38N6O7/c1-20-16-25(46-39-20)19-28(40)36-26-18-23-8-10-24(11-9-23)45-15-14-34-32(44)33(12-13-33)38-31(43)27(17-22-6-4-3-5-7-22)37-29(41)21(2)35-30(26)42/h3-11,16,21,26-27H,12-15,17-19H2,1-2H3,(H,34,44)(H,35,42)(H,36,40)(H,37,41)(H,38,43)/t21-,26-,27+/m0/s1. The zero-order chi connectivity index (χ0) is 32.7. The molecule has 242 valence electrons. The molecule has 1 aliphatic carbocycles. The smallest absolute Gasteiger partial charge is 0.245 e. The number of benzene rings is 2. The number of nitrogens with one attached hydrogen (secondary N) is 5. The highest BCUT2D eigenvalue weighted by molar-refractivity contribution is 5.98. The van der Waals surface area contributed by atoms with E-state index in [1.165, 1.54) is 6.92 Å². The van der Waals surface area contributed by atoms with E-state index in [-0.39, 0.29) is 38.3 Å². The Morgan fingerprint density at radius 3 is 2.39 bits per heavy atom. The Morgan fingerprint density at radius 2 is 1.72 bits per heavy atom. The summed E-state index contributed by atoms with van der Waals surface area (Å²) in [6, 6.07) is 14.7. The molecule has 0 radical (unpaired) electrons. The van der Waals surface area contributed by atoms with Crippen molar-refractivity contribution in [2.24, 2.45) is 0 Å². The molecule has 13 heteroatoms. The van der Waals surface area contributed by atoms with Crippen molar-refractivity contribution < 1.29 is 33.2 Å². The molecule has 2 bridgehead atoms. The molecule has 6 rings (SSSR count). The third-order valence-corrected chi connectivity index (χ3v) is 7.90. The van der Waals surface area contributed by atoms with E-state index in [0.29, 0.717) is 30.0 Å². The molecule has 0 saturated heterocycles. The van der Waals surface area contributed by atoms with Crippen LogP contribution in [0.15, 0.2) is 65.2 Å². The van der Waals surface area contributed by atoms with Crippen LogP contribution >= 0.6 is 0 Å². The van der Waals surface area contributed by atoms with Crippen LogP contribution in [-0.4, -0.2) is 71.5 Å². The number of carbonyl (C=O) groups excluding carboxylic acids is 5. The number of hydrogen-bond acceptors (Lipinski definition) is 8. The van der Waals surface area contributed by atoms with E-state index in [9.17, 15) is 24.0 Å². The SMILES string of the molecule is Cc1cc(CC(=O)N[C@H]2Cc3ccc(cc3)OCCNC(=O)C3(CC3)NC(=O)[C@@H](Cc3ccccc3)NC(=O)[C@H](C)NC2=O)on1. The number of ether oxygens (including phenoxy) is 1. The number of aryl methyl sites for hydroxylation is 1. The number of carbonyl (C=O) groups is 5. The molecule has 1 aromatic heterocycles. The Bertz CT molecular complexity index is 1570. The molecule has 1 saturated carbocycles. The van der Waals surface area contributed by atoms with Crippen LogP contribution in [0.5, 0.6) is 5.75 Å². The molecule has 1 spiro atoms. The van der Waals surface area contributed by atoms with E-state index >= 15 is 0 Å². The summed E-state index contributed by atoms with van der Waals surface area (Å²) >= 11 is 0. The summed E-state index contributed by atoms with van der Waals surface area (Å²) in [5.74, 6) is -1.56. The van der Waals surface area contributed by atoms with Crippen molar-refractivity contribution in [2.75, 3.05) is 13.2 Å². The molecule has 3 aliphatic rings. The first-order chi connectivity index (χ1) is 22.1. The van der Waals surface area contributed by atoms with Gasteiger partial charge in [0.2, 0.25) is 29.5 Å². The van der Waals surface area contributed by atoms with Gasteiger partial charge in [-0.2, -0.15) is 0 Å². The maximum absolute atomic E-state index is 13.5. The average Bonchev–Trinajstić information content (AvgIpc) is 3.71. The second-order valence-electron chi connectivity index (χ2n) is 11.7. The highest BCUT2D eigenvalue weighted by Crippen LogP contribution is 2.35. The molecular formula is C33H38N6O7. The summed E-state index contributed by atoms with van der Waals surface area (Å²) in [5, 5.41) is 17.6. The highest BCUT2D eigenvalue weighted by Gasteiger charge is 2.51. The van der Waals surface area contributed by atoms with Crippen LogP contribution in [0, 0.1) is 6.92 Å². The van der Waals surface area contributed by atoms with Crippen molar-refractivity contribution in [1.82, 2.24) is 31.7 Å². The molecule has 5 amide bonds. The first-order valence-corrected chi connectivity index (χ1v) is 15.3. The number of rotatable bonds is 5. The third-order valence-electron chi connectivity index (χ3n) is 7.90. The van der Waals surface area contributed by atoms with Crippen molar-refractivity contribution in [2.45, 2.75) is 69.6 Å². The molecule has 3 aromatic rings. The first kappa shape index (κ1) is 32.2. The lowest BCUT2D eigenvalue weighted by atomic mass is 10.0. The van der Waals surface area contributed by atoms with Crippen LogP contribution in [0.1, 0.15) is 42.3 Å². The topological polar surface area (TPSA) is 181 Å². The third kappa shape index (κ3) is 8.49. The predicted octanol–water partition coefficient (Wildman–Crippen LogP) is 0.643. The van der Waals surface area contributed by atoms with E-state index < -0.39 is 47.3 Å². The average molecular weight is 631 g/mol. The number of aromatic nitrogens is 1. The fourth-order valence-corrected chi connectivity index (χ4v) is 5.16. The Morgan fingerprint density at radius 1 is 0.978 bits per heavy atom. The molecule has 3 heterocycles. The minimum Gasteiger partial charge on any atom is -0.492 e. The van der Waals surface area contributed by atoms with Gasteiger partial charge in [0.1, 0.15) is 41.8 Å². The van der Waals surface area contributed by atoms with E-state index in [1.54, 1.807) is 37.3 Å². The number of nitrogens with zero attached hydrogens (tertiary/aromatic N) is 1. The molecule has 0 unspecified atom stereocenters. The molecule has 2 aromatic carbocycles. The van der Waals surface area contributed by atoms with Gasteiger partial charge in [-0.25, -0.2) is 0 Å². The normalized spacial score (nSPS) is 22.1. The lowest BCUT2D eigenvalue weighted by Crippen LogP contribution is -2.59. The van der Waals surface area contributed by atoms with Crippen LogP contribution in [0.2, 0.25) is 0 Å². The highest BCUT2D eigenvalue weighted by atomic mass is 16.5. The lowest BCUT2D eigenvalue weighted by Gasteiger charge is -2.25. The van der Waals surface area contributed by atoms with Crippen molar-refractivity contribution in [3.63, 3.8) is 0 Å². The Balaban J connectivity index is 1.36. The van der Waals surface area contributed by atoms with Gasteiger partial charge in [-0.05, 0) is 49.9 Å². The van der Waals surface area contributed by atoms with Gasteiger partial charge in [-0.15, -0.1) is 0 Å². The van der Waals surface area contributed by atoms with Gasteiger partial charge < -0.3 is 35.8 Å². The van der Waals surface area contributed by atoms with Crippen LogP contribution in [0.4, 0.5) is 0 Å². The maximum Gasteiger partial charge on any atom is 0.245 e. The number of hydrogen-bond donors (Lipinski definition) is 5. The van der Waals surface area contributed by atoms with E-state index in [4.69, 9.17) is 9.26 Å². The molecule has 13 nitrogen and oxygen atoms in total. The van der Waals surface area contributed by atoms with Gasteiger partial charge in [0, 0.05) is 18.9 Å². The summed E-state index contributed by atoms with van der Waals surface area (Å²) < 4.78 is 10.9. The Kier molecular flexibility index (Phi) is 9.99. The van der Waals surface area contributed by atoms with E-state index in [1.807, 2.05) is 30.3 Å². The van der Waals surface area contributed by atoms with Gasteiger partial charge >= 0.3 is 0 Å². The largest absolute Gasteiger partial charge is 0.492 e. The van der Waals surface area contributed by atoms with Crippen molar-refractivity contribution in [3.05, 3.63) is 83.2 Å². The zero-order valence-electron chi connectivity index (χ0n) is 25.8. The van der Waals surface area contributed by atoms with Gasteiger partial charge in [0.05, 0.1) is 18.7 Å². The van der Waals surface area contributed by atoms with Gasteiger partial charge in [-0.3, -0.25) is 24.0 Å². The van der Waals surface area contributed by atoms with Crippen molar-refractivity contribution in [3.8, 4) is 5.75 Å². The van der Waals surface area contributed by atoms with Crippen molar-refractivity contribution in [1.29, 1.82) is 0 Å². The summed E-state index contributed by atoms with van der Waals surface area (Å²) in [6.45, 7) is 3.65. The molecule has 5 N–H and O–H groups in total. The Labute approximate surface area is 266 Å². The zero-order valence-corrected chi connectivity index (χ0v) is 25.8. The van der Waals surface area contributed by atoms with Crippen LogP contribution < -0.4 is 31.3 Å². The maximum atomic E-state index is 13.5. The van der Waals surface area contributed by atoms with E-state index in [0.717, 1.165) is 11.1 Å². The summed E-state index contributed by atoms with van der Waals surface area (Å²) in [4.78, 5) is 66.4. The second kappa shape index (κ2) is 14.3. The number of amides is 5. The second-order valence-corrected chi connectivity index (χ2v) is 11.7. The van der Waals surface area contributed by atoms with E-state index in [2.05, 4.69) is 31.7 Å². The first-order valence-electron chi connectivity index (χ1n) is 15.3. The molecule has 46 heavy (non-hydrogen) atoms. The van der Waals surface area contributed by atoms with Gasteiger partial charge in [-0.1, -0.05) is 47.6 Å². The fourth-order valence-electron chi connectivity index (χ4n) is 5.16. The minimum absolute atomic E-state index is 0.123. The van der Waals surface area contributed by atoms with Gasteiger partial charge in [0.25, 0.3) is 0 Å². The van der Waals surface area contributed by atoms with Crippen LogP contribution in [0.25, 0.3) is 0 Å².